The summed E-state index contributed by atoms with van der Waals surface area (Å²) in [5.74, 6) is 5.46. The van der Waals surface area contributed by atoms with Gasteiger partial charge in [-0.25, -0.2) is 4.39 Å². The van der Waals surface area contributed by atoms with E-state index in [1.807, 2.05) is 0 Å². The van der Waals surface area contributed by atoms with Crippen LogP contribution in [0.3, 0.4) is 0 Å². The van der Waals surface area contributed by atoms with Crippen LogP contribution in [0.5, 0.6) is 5.88 Å². The largest absolute Gasteiger partial charge is 0.480 e. The first-order valence-electron chi connectivity index (χ1n) is 5.92. The number of hydrogen-bond donors (Lipinski definition) is 2. The highest BCUT2D eigenvalue weighted by molar-refractivity contribution is 6.30. The van der Waals surface area contributed by atoms with Gasteiger partial charge in [-0.1, -0.05) is 23.7 Å². The highest BCUT2D eigenvalue weighted by Gasteiger charge is 2.16. The Morgan fingerprint density at radius 2 is 2.15 bits per heavy atom. The molecule has 3 N–H and O–H groups in total. The average molecular weight is 297 g/mol. The van der Waals surface area contributed by atoms with Gasteiger partial charge in [0.05, 0.1) is 23.9 Å². The third-order valence-corrected chi connectivity index (χ3v) is 3.18. The summed E-state index contributed by atoms with van der Waals surface area (Å²) < 4.78 is 18.8. The third-order valence-electron chi connectivity index (χ3n) is 2.88. The van der Waals surface area contributed by atoms with Crippen LogP contribution >= 0.6 is 11.6 Å². The number of benzene rings is 1. The lowest BCUT2D eigenvalue weighted by atomic mass is 10.0. The lowest BCUT2D eigenvalue weighted by molar-refractivity contribution is 0.389. The third kappa shape index (κ3) is 3.22. The van der Waals surface area contributed by atoms with Crippen molar-refractivity contribution in [2.45, 2.75) is 12.5 Å². The van der Waals surface area contributed by atoms with Gasteiger partial charge in [-0.05, 0) is 24.1 Å². The van der Waals surface area contributed by atoms with Gasteiger partial charge in [-0.3, -0.25) is 11.3 Å². The Balaban J connectivity index is 2.21. The van der Waals surface area contributed by atoms with Crippen LogP contribution in [0.2, 0.25) is 5.02 Å². The van der Waals surface area contributed by atoms with Crippen LogP contribution < -0.4 is 16.0 Å². The fraction of sp³-hybridized carbons (Fsp3) is 0.231. The predicted octanol–water partition coefficient (Wildman–Crippen LogP) is 2.02. The zero-order chi connectivity index (χ0) is 14.5. The van der Waals surface area contributed by atoms with Crippen molar-refractivity contribution in [2.75, 3.05) is 7.11 Å². The molecule has 1 heterocycles. The van der Waals surface area contributed by atoms with Crippen molar-refractivity contribution in [1.29, 1.82) is 0 Å². The smallest absolute Gasteiger partial charge is 0.233 e. The Kier molecular flexibility index (Phi) is 4.84. The number of hydrogen-bond acceptors (Lipinski definition) is 5. The van der Waals surface area contributed by atoms with Gasteiger partial charge in [-0.15, -0.1) is 5.10 Å². The fourth-order valence-electron chi connectivity index (χ4n) is 1.80. The molecule has 0 saturated heterocycles. The SMILES string of the molecule is COc1ccc(C(Cc2cccc(Cl)c2F)NN)nn1. The molecule has 7 heteroatoms. The number of hydrazine groups is 1. The molecule has 0 spiro atoms. The molecule has 0 radical (unpaired) electrons. The molecule has 0 fully saturated rings. The first kappa shape index (κ1) is 14.6. The summed E-state index contributed by atoms with van der Waals surface area (Å²) >= 11 is 5.75. The van der Waals surface area contributed by atoms with Crippen molar-refractivity contribution in [3.8, 4) is 5.88 Å². The zero-order valence-electron chi connectivity index (χ0n) is 10.8. The molecule has 0 amide bonds. The van der Waals surface area contributed by atoms with Gasteiger partial charge >= 0.3 is 0 Å². The van der Waals surface area contributed by atoms with Gasteiger partial charge in [0, 0.05) is 6.07 Å². The second-order valence-electron chi connectivity index (χ2n) is 4.14. The molecule has 0 saturated carbocycles. The minimum Gasteiger partial charge on any atom is -0.480 e. The summed E-state index contributed by atoms with van der Waals surface area (Å²) in [5.41, 5.74) is 3.64. The van der Waals surface area contributed by atoms with E-state index >= 15 is 0 Å². The second-order valence-corrected chi connectivity index (χ2v) is 4.54. The summed E-state index contributed by atoms with van der Waals surface area (Å²) in [6.07, 6.45) is 0.309. The first-order chi connectivity index (χ1) is 9.65. The Hall–Kier alpha value is -1.76. The van der Waals surface area contributed by atoms with Gasteiger partial charge in [-0.2, -0.15) is 5.10 Å². The maximum atomic E-state index is 13.9. The monoisotopic (exact) mass is 296 g/mol. The number of methoxy groups -OCH3 is 1. The van der Waals surface area contributed by atoms with Crippen LogP contribution in [0.25, 0.3) is 0 Å². The Labute approximate surface area is 120 Å². The van der Waals surface area contributed by atoms with Crippen molar-refractivity contribution in [3.05, 3.63) is 52.4 Å². The molecule has 1 atom stereocenters. The fourth-order valence-corrected chi connectivity index (χ4v) is 1.99. The molecule has 0 aliphatic carbocycles. The molecule has 1 aromatic carbocycles. The number of halogens is 2. The molecule has 5 nitrogen and oxygen atoms in total. The molecule has 1 unspecified atom stereocenters. The molecule has 0 aliphatic rings. The van der Waals surface area contributed by atoms with E-state index in [1.165, 1.54) is 13.2 Å². The number of ether oxygens (including phenoxy) is 1. The van der Waals surface area contributed by atoms with E-state index in [1.54, 1.807) is 24.3 Å². The van der Waals surface area contributed by atoms with E-state index < -0.39 is 5.82 Å². The van der Waals surface area contributed by atoms with Crippen LogP contribution in [0.15, 0.2) is 30.3 Å². The van der Waals surface area contributed by atoms with Gasteiger partial charge in [0.1, 0.15) is 5.82 Å². The molecule has 0 bridgehead atoms. The molecular formula is C13H14ClFN4O. The van der Waals surface area contributed by atoms with Crippen molar-refractivity contribution in [2.24, 2.45) is 5.84 Å². The van der Waals surface area contributed by atoms with Crippen LogP contribution in [0.1, 0.15) is 17.3 Å². The minimum absolute atomic E-state index is 0.0825. The maximum Gasteiger partial charge on any atom is 0.233 e. The van der Waals surface area contributed by atoms with Gasteiger partial charge in [0.15, 0.2) is 0 Å². The lowest BCUT2D eigenvalue weighted by Crippen LogP contribution is -2.30. The van der Waals surface area contributed by atoms with E-state index in [0.717, 1.165) is 0 Å². The number of nitrogens with two attached hydrogens (primary N) is 1. The van der Waals surface area contributed by atoms with Crippen LogP contribution in [0.4, 0.5) is 4.39 Å². The minimum atomic E-state index is -0.448. The van der Waals surface area contributed by atoms with Crippen molar-refractivity contribution in [1.82, 2.24) is 15.6 Å². The van der Waals surface area contributed by atoms with E-state index in [9.17, 15) is 4.39 Å². The molecule has 2 aromatic rings. The summed E-state index contributed by atoms with van der Waals surface area (Å²) in [6, 6.07) is 7.86. The highest BCUT2D eigenvalue weighted by Crippen LogP contribution is 2.23. The summed E-state index contributed by atoms with van der Waals surface area (Å²) in [6.45, 7) is 0. The molecule has 0 aliphatic heterocycles. The Morgan fingerprint density at radius 3 is 2.75 bits per heavy atom. The standard InChI is InChI=1S/C13H14ClFN4O/c1-20-12-6-5-10(18-19-12)11(17-16)7-8-3-2-4-9(14)13(8)15/h2-6,11,17H,7,16H2,1H3. The van der Waals surface area contributed by atoms with Gasteiger partial charge in [0.25, 0.3) is 0 Å². The van der Waals surface area contributed by atoms with E-state index in [-0.39, 0.29) is 11.1 Å². The number of rotatable bonds is 5. The number of nitrogens with one attached hydrogen (secondary N) is 1. The lowest BCUT2D eigenvalue weighted by Gasteiger charge is -2.15. The van der Waals surface area contributed by atoms with E-state index in [2.05, 4.69) is 15.6 Å². The molecule has 2 rings (SSSR count). The van der Waals surface area contributed by atoms with Crippen molar-refractivity contribution in [3.63, 3.8) is 0 Å². The van der Waals surface area contributed by atoms with Crippen molar-refractivity contribution >= 4 is 11.6 Å². The highest BCUT2D eigenvalue weighted by atomic mass is 35.5. The Morgan fingerprint density at radius 1 is 1.35 bits per heavy atom. The van der Waals surface area contributed by atoms with Crippen LogP contribution in [-0.2, 0) is 6.42 Å². The summed E-state index contributed by atoms with van der Waals surface area (Å²) in [5, 5.41) is 7.94. The zero-order valence-corrected chi connectivity index (χ0v) is 11.6. The maximum absolute atomic E-state index is 13.9. The van der Waals surface area contributed by atoms with Crippen LogP contribution in [-0.4, -0.2) is 17.3 Å². The molecular weight excluding hydrogens is 283 g/mol. The molecule has 106 valence electrons. The first-order valence-corrected chi connectivity index (χ1v) is 6.30. The second kappa shape index (κ2) is 6.60. The predicted molar refractivity (Wildman–Crippen MR) is 73.8 cm³/mol. The van der Waals surface area contributed by atoms with Gasteiger partial charge < -0.3 is 4.74 Å². The quantitative estimate of drug-likeness (QED) is 0.652. The normalized spacial score (nSPS) is 12.2. The molecule has 20 heavy (non-hydrogen) atoms. The number of nitrogens with zero attached hydrogens (tertiary/aromatic N) is 2. The summed E-state index contributed by atoms with van der Waals surface area (Å²) in [7, 11) is 1.50. The van der Waals surface area contributed by atoms with E-state index in [4.69, 9.17) is 22.2 Å². The summed E-state index contributed by atoms with van der Waals surface area (Å²) in [4.78, 5) is 0. The number of aromatic nitrogens is 2. The average Bonchev–Trinajstić information content (AvgIpc) is 2.49. The molecule has 1 aromatic heterocycles. The topological polar surface area (TPSA) is 73.1 Å². The van der Waals surface area contributed by atoms with E-state index in [0.29, 0.717) is 23.6 Å². The van der Waals surface area contributed by atoms with Gasteiger partial charge in [0.2, 0.25) is 5.88 Å². The van der Waals surface area contributed by atoms with Crippen molar-refractivity contribution < 1.29 is 9.13 Å². The van der Waals surface area contributed by atoms with Crippen LogP contribution in [0, 0.1) is 5.82 Å². The Bertz CT molecular complexity index is 579.